The predicted octanol–water partition coefficient (Wildman–Crippen LogP) is 2.77. The molecule has 1 atom stereocenters. The number of anilines is 1. The first-order chi connectivity index (χ1) is 11.4. The molecule has 0 bridgehead atoms. The number of rotatable bonds is 6. The van der Waals surface area contributed by atoms with Crippen LogP contribution in [-0.4, -0.2) is 24.2 Å². The molecule has 0 aliphatic rings. The molecule has 0 radical (unpaired) electrons. The Kier molecular flexibility index (Phi) is 5.70. The van der Waals surface area contributed by atoms with Gasteiger partial charge in [-0.15, -0.1) is 0 Å². The highest BCUT2D eigenvalue weighted by atomic mass is 79.9. The lowest BCUT2D eigenvalue weighted by Crippen LogP contribution is -2.30. The van der Waals surface area contributed by atoms with E-state index >= 15 is 0 Å². The molecule has 24 heavy (non-hydrogen) atoms. The van der Waals surface area contributed by atoms with Crippen LogP contribution in [0.3, 0.4) is 0 Å². The van der Waals surface area contributed by atoms with Gasteiger partial charge in [-0.3, -0.25) is 14.4 Å². The number of primary amides is 1. The minimum absolute atomic E-state index is 0.319. The molecule has 0 aliphatic carbocycles. The summed E-state index contributed by atoms with van der Waals surface area (Å²) in [6.45, 7) is 1.57. The molecule has 2 rings (SSSR count). The number of carbonyl (C=O) groups excluding carboxylic acids is 3. The van der Waals surface area contributed by atoms with Crippen LogP contribution in [0.5, 0.6) is 5.75 Å². The molecule has 0 heterocycles. The maximum atomic E-state index is 12.2. The largest absolute Gasteiger partial charge is 0.480 e. The molecule has 0 saturated heterocycles. The zero-order valence-electron chi connectivity index (χ0n) is 12.8. The Labute approximate surface area is 147 Å². The molecule has 0 spiro atoms. The third-order valence-electron chi connectivity index (χ3n) is 3.21. The van der Waals surface area contributed by atoms with Crippen LogP contribution >= 0.6 is 15.9 Å². The zero-order valence-corrected chi connectivity index (χ0v) is 14.4. The van der Waals surface area contributed by atoms with Crippen molar-refractivity contribution in [3.63, 3.8) is 0 Å². The lowest BCUT2D eigenvalue weighted by Gasteiger charge is -2.16. The third-order valence-corrected chi connectivity index (χ3v) is 3.70. The molecule has 7 heteroatoms. The average Bonchev–Trinajstić information content (AvgIpc) is 2.56. The maximum Gasteiger partial charge on any atom is 0.265 e. The molecule has 2 aromatic carbocycles. The fraction of sp³-hybridized carbons (Fsp3) is 0.118. The fourth-order valence-corrected chi connectivity index (χ4v) is 2.30. The number of nitrogens with two attached hydrogens (primary N) is 1. The highest BCUT2D eigenvalue weighted by Crippen LogP contribution is 2.23. The molecule has 0 unspecified atom stereocenters. The standard InChI is InChI=1S/C17H15BrN2O4/c1-10(24-15-7-4-13(18)8-12(15)9-21)17(23)20-14-5-2-11(3-6-14)16(19)22/h2-10H,1H3,(H2,19,22)(H,20,23)/t10-/m1/s1. The number of halogens is 1. The van der Waals surface area contributed by atoms with Crippen LogP contribution in [0, 0.1) is 0 Å². The Bertz CT molecular complexity index is 775. The molecule has 3 N–H and O–H groups in total. The summed E-state index contributed by atoms with van der Waals surface area (Å²) in [5.41, 5.74) is 6.36. The number of nitrogens with one attached hydrogen (secondary N) is 1. The van der Waals surface area contributed by atoms with Gasteiger partial charge in [0.1, 0.15) is 5.75 Å². The second-order valence-corrected chi connectivity index (χ2v) is 5.91. The molecule has 0 saturated carbocycles. The van der Waals surface area contributed by atoms with Crippen LogP contribution in [0.1, 0.15) is 27.6 Å². The van der Waals surface area contributed by atoms with Gasteiger partial charge in [0.15, 0.2) is 12.4 Å². The SMILES string of the molecule is C[C@@H](Oc1ccc(Br)cc1C=O)C(=O)Nc1ccc(C(N)=O)cc1. The number of benzene rings is 2. The highest BCUT2D eigenvalue weighted by Gasteiger charge is 2.17. The fourth-order valence-electron chi connectivity index (χ4n) is 1.92. The van der Waals surface area contributed by atoms with Crippen LogP contribution in [0.4, 0.5) is 5.69 Å². The minimum atomic E-state index is -0.819. The van der Waals surface area contributed by atoms with Crippen molar-refractivity contribution < 1.29 is 19.1 Å². The average molecular weight is 391 g/mol. The second-order valence-electron chi connectivity index (χ2n) is 4.99. The van der Waals surface area contributed by atoms with E-state index in [0.717, 1.165) is 4.47 Å². The quantitative estimate of drug-likeness (QED) is 0.740. The first kappa shape index (κ1) is 17.7. The van der Waals surface area contributed by atoms with E-state index in [1.807, 2.05) is 0 Å². The summed E-state index contributed by atoms with van der Waals surface area (Å²) < 4.78 is 6.29. The van der Waals surface area contributed by atoms with E-state index in [2.05, 4.69) is 21.2 Å². The van der Waals surface area contributed by atoms with Gasteiger partial charge in [-0.25, -0.2) is 0 Å². The Morgan fingerprint density at radius 1 is 1.21 bits per heavy atom. The van der Waals surface area contributed by atoms with Gasteiger partial charge in [0.2, 0.25) is 5.91 Å². The van der Waals surface area contributed by atoms with E-state index < -0.39 is 12.0 Å². The van der Waals surface area contributed by atoms with E-state index in [9.17, 15) is 14.4 Å². The van der Waals surface area contributed by atoms with E-state index in [4.69, 9.17) is 10.5 Å². The summed E-state index contributed by atoms with van der Waals surface area (Å²) in [5.74, 6) is -0.609. The highest BCUT2D eigenvalue weighted by molar-refractivity contribution is 9.10. The summed E-state index contributed by atoms with van der Waals surface area (Å²) in [6.07, 6.45) is -0.159. The van der Waals surface area contributed by atoms with Gasteiger partial charge in [0.05, 0.1) is 5.56 Å². The molecule has 6 nitrogen and oxygen atoms in total. The van der Waals surface area contributed by atoms with Crippen molar-refractivity contribution in [1.82, 2.24) is 0 Å². The number of aldehydes is 1. The van der Waals surface area contributed by atoms with Gasteiger partial charge >= 0.3 is 0 Å². The van der Waals surface area contributed by atoms with E-state index in [-0.39, 0.29) is 5.91 Å². The van der Waals surface area contributed by atoms with Gasteiger partial charge < -0.3 is 15.8 Å². The summed E-state index contributed by atoms with van der Waals surface area (Å²) in [6, 6.07) is 11.1. The number of carbonyl (C=O) groups is 3. The van der Waals surface area contributed by atoms with E-state index in [0.29, 0.717) is 28.8 Å². The van der Waals surface area contributed by atoms with Crippen molar-refractivity contribution >= 4 is 39.7 Å². The van der Waals surface area contributed by atoms with Gasteiger partial charge in [-0.05, 0) is 49.4 Å². The first-order valence-electron chi connectivity index (χ1n) is 7.03. The van der Waals surface area contributed by atoms with Crippen LogP contribution in [-0.2, 0) is 4.79 Å². The number of amides is 2. The Balaban J connectivity index is 2.04. The predicted molar refractivity (Wildman–Crippen MR) is 93.2 cm³/mol. The molecule has 0 fully saturated rings. The van der Waals surface area contributed by atoms with Crippen LogP contribution in [0.2, 0.25) is 0 Å². The Hall–Kier alpha value is -2.67. The van der Waals surface area contributed by atoms with Crippen LogP contribution in [0.15, 0.2) is 46.9 Å². The first-order valence-corrected chi connectivity index (χ1v) is 7.82. The van der Waals surface area contributed by atoms with Crippen molar-refractivity contribution in [1.29, 1.82) is 0 Å². The normalized spacial score (nSPS) is 11.4. The molecule has 124 valence electrons. The topological polar surface area (TPSA) is 98.5 Å². The van der Waals surface area contributed by atoms with Crippen molar-refractivity contribution in [3.8, 4) is 5.75 Å². The summed E-state index contributed by atoms with van der Waals surface area (Å²) in [7, 11) is 0. The smallest absolute Gasteiger partial charge is 0.265 e. The maximum absolute atomic E-state index is 12.2. The van der Waals surface area contributed by atoms with Crippen LogP contribution in [0.25, 0.3) is 0 Å². The Morgan fingerprint density at radius 3 is 2.46 bits per heavy atom. The molecule has 2 aromatic rings. The van der Waals surface area contributed by atoms with Crippen molar-refractivity contribution in [2.45, 2.75) is 13.0 Å². The van der Waals surface area contributed by atoms with Gasteiger partial charge in [-0.1, -0.05) is 15.9 Å². The summed E-state index contributed by atoms with van der Waals surface area (Å²) in [4.78, 5) is 34.3. The lowest BCUT2D eigenvalue weighted by atomic mass is 10.2. The summed E-state index contributed by atoms with van der Waals surface area (Å²) >= 11 is 3.27. The molecule has 0 aromatic heterocycles. The van der Waals surface area contributed by atoms with Gasteiger partial charge in [0.25, 0.3) is 5.91 Å². The molecular formula is C17H15BrN2O4. The molecule has 2 amide bonds. The zero-order chi connectivity index (χ0) is 17.7. The second kappa shape index (κ2) is 7.74. The number of hydrogen-bond acceptors (Lipinski definition) is 4. The minimum Gasteiger partial charge on any atom is -0.480 e. The number of ether oxygens (including phenoxy) is 1. The van der Waals surface area contributed by atoms with Crippen molar-refractivity contribution in [2.24, 2.45) is 5.73 Å². The van der Waals surface area contributed by atoms with E-state index in [1.165, 1.54) is 12.1 Å². The Morgan fingerprint density at radius 2 is 1.88 bits per heavy atom. The van der Waals surface area contributed by atoms with Gasteiger partial charge in [0, 0.05) is 15.7 Å². The van der Waals surface area contributed by atoms with Gasteiger partial charge in [-0.2, -0.15) is 0 Å². The van der Waals surface area contributed by atoms with Crippen molar-refractivity contribution in [2.75, 3.05) is 5.32 Å². The molecular weight excluding hydrogens is 376 g/mol. The third kappa shape index (κ3) is 4.42. The number of hydrogen-bond donors (Lipinski definition) is 2. The van der Waals surface area contributed by atoms with E-state index in [1.54, 1.807) is 37.3 Å². The lowest BCUT2D eigenvalue weighted by molar-refractivity contribution is -0.122. The summed E-state index contributed by atoms with van der Waals surface area (Å²) in [5, 5.41) is 2.66. The molecule has 0 aliphatic heterocycles. The van der Waals surface area contributed by atoms with Crippen LogP contribution < -0.4 is 15.8 Å². The van der Waals surface area contributed by atoms with Crippen molar-refractivity contribution in [3.05, 3.63) is 58.1 Å². The monoisotopic (exact) mass is 390 g/mol.